The van der Waals surface area contributed by atoms with Crippen LogP contribution in [0.4, 0.5) is 4.39 Å². The third-order valence-corrected chi connectivity index (χ3v) is 9.72. The number of ketones is 1. The summed E-state index contributed by atoms with van der Waals surface area (Å²) in [6.07, 6.45) is 5.39. The predicted octanol–water partition coefficient (Wildman–Crippen LogP) is 4.59. The number of thioether (sulfide) groups is 1. The van der Waals surface area contributed by atoms with E-state index in [0.29, 0.717) is 36.4 Å². The number of hydrogen-bond acceptors (Lipinski definition) is 6. The molecule has 39 heavy (non-hydrogen) atoms. The molecule has 1 N–H and O–H groups in total. The lowest BCUT2D eigenvalue weighted by atomic mass is 9.76. The Morgan fingerprint density at radius 2 is 1.85 bits per heavy atom. The van der Waals surface area contributed by atoms with Crippen molar-refractivity contribution >= 4 is 23.5 Å². The zero-order valence-electron chi connectivity index (χ0n) is 21.3. The largest absolute Gasteiger partial charge is 0.502 e. The zero-order valence-corrected chi connectivity index (χ0v) is 22.1. The quantitative estimate of drug-likeness (QED) is 0.505. The number of aromatic hydroxyl groups is 1. The van der Waals surface area contributed by atoms with Crippen LogP contribution >= 0.6 is 11.8 Å². The van der Waals surface area contributed by atoms with Gasteiger partial charge in [-0.2, -0.15) is 0 Å². The Kier molecular flexibility index (Phi) is 5.80. The van der Waals surface area contributed by atoms with Crippen LogP contribution in [-0.4, -0.2) is 39.1 Å². The number of carbonyl (C=O) groups excluding carboxylic acids is 2. The molecule has 3 aromatic rings. The maximum Gasteiger partial charge on any atom is 0.278 e. The lowest BCUT2D eigenvalue weighted by molar-refractivity contribution is -0.122. The van der Waals surface area contributed by atoms with Crippen molar-refractivity contribution in [2.24, 2.45) is 11.8 Å². The highest BCUT2D eigenvalue weighted by atomic mass is 32.2. The van der Waals surface area contributed by atoms with E-state index in [4.69, 9.17) is 0 Å². The molecule has 7 nitrogen and oxygen atoms in total. The van der Waals surface area contributed by atoms with E-state index in [-0.39, 0.29) is 36.1 Å². The number of rotatable bonds is 5. The summed E-state index contributed by atoms with van der Waals surface area (Å²) in [5.74, 6) is -0.0169. The lowest BCUT2D eigenvalue weighted by Crippen LogP contribution is -2.60. The zero-order chi connectivity index (χ0) is 26.8. The Morgan fingerprint density at radius 3 is 2.64 bits per heavy atom. The minimum Gasteiger partial charge on any atom is -0.502 e. The molecular weight excluding hydrogens is 517 g/mol. The molecule has 4 aliphatic rings. The third kappa shape index (κ3) is 4.06. The highest BCUT2D eigenvalue weighted by Crippen LogP contribution is 2.45. The van der Waals surface area contributed by atoms with Gasteiger partial charge in [0.05, 0.1) is 0 Å². The Bertz CT molecular complexity index is 1560. The molecule has 2 aromatic carbocycles. The van der Waals surface area contributed by atoms with E-state index in [9.17, 15) is 19.5 Å². The van der Waals surface area contributed by atoms with Crippen molar-refractivity contribution in [1.29, 1.82) is 0 Å². The summed E-state index contributed by atoms with van der Waals surface area (Å²) in [5.41, 5.74) is 1.53. The van der Waals surface area contributed by atoms with E-state index in [2.05, 4.69) is 0 Å². The van der Waals surface area contributed by atoms with Gasteiger partial charge in [-0.05, 0) is 54.9 Å². The van der Waals surface area contributed by atoms with E-state index >= 15 is 4.39 Å². The van der Waals surface area contributed by atoms with Crippen LogP contribution in [0.15, 0.2) is 64.4 Å². The van der Waals surface area contributed by atoms with Crippen LogP contribution in [0.25, 0.3) is 0 Å². The van der Waals surface area contributed by atoms with Gasteiger partial charge in [-0.3, -0.25) is 24.1 Å². The number of pyridine rings is 1. The van der Waals surface area contributed by atoms with E-state index in [1.165, 1.54) is 23.0 Å². The second-order valence-corrected chi connectivity index (χ2v) is 12.1. The maximum absolute atomic E-state index is 15.7. The van der Waals surface area contributed by atoms with Gasteiger partial charge in [0.2, 0.25) is 5.43 Å². The highest BCUT2D eigenvalue weighted by molar-refractivity contribution is 7.98. The number of nitrogens with zero attached hydrogens (tertiary/aromatic N) is 3. The fraction of sp³-hybridized carbons (Fsp3) is 0.367. The van der Waals surface area contributed by atoms with Gasteiger partial charge in [0, 0.05) is 46.9 Å². The molecule has 1 aromatic heterocycles. The molecule has 2 aliphatic carbocycles. The number of benzene rings is 2. The molecular formula is C30H28FN3O4S. The maximum atomic E-state index is 15.7. The highest BCUT2D eigenvalue weighted by Gasteiger charge is 2.45. The molecule has 3 heterocycles. The van der Waals surface area contributed by atoms with Crippen molar-refractivity contribution in [3.8, 4) is 5.75 Å². The first kappa shape index (κ1) is 24.5. The van der Waals surface area contributed by atoms with Crippen LogP contribution in [0.1, 0.15) is 65.3 Å². The van der Waals surface area contributed by atoms with Gasteiger partial charge in [-0.15, -0.1) is 11.8 Å². The standard InChI is InChI=1S/C30H28FN3O4S/c31-22-6-3-4-19-15-39-25-7-2-1-5-21(25)27(26(19)22)34-16-32(20-12-17(13-20)14-24(36)18-8-9-18)30(38)28-29(37)23(35)10-11-33(28)34/h1-7,10-11,17-18,20,27,37H,8-9,12-16H2/t17?,20?,27-/m1/s1. The lowest BCUT2D eigenvalue weighted by Gasteiger charge is -2.50. The van der Waals surface area contributed by atoms with Crippen molar-refractivity contribution in [3.63, 3.8) is 0 Å². The molecule has 0 spiro atoms. The van der Waals surface area contributed by atoms with Crippen molar-refractivity contribution < 1.29 is 19.1 Å². The topological polar surface area (TPSA) is 82.8 Å². The summed E-state index contributed by atoms with van der Waals surface area (Å²) in [4.78, 5) is 41.3. The molecule has 0 bridgehead atoms. The Labute approximate surface area is 229 Å². The molecule has 9 heteroatoms. The first-order valence-electron chi connectivity index (χ1n) is 13.4. The van der Waals surface area contributed by atoms with Gasteiger partial charge in [0.15, 0.2) is 11.4 Å². The molecule has 1 atom stereocenters. The van der Waals surface area contributed by atoms with Crippen LogP contribution in [0, 0.1) is 17.7 Å². The molecule has 0 unspecified atom stereocenters. The van der Waals surface area contributed by atoms with Gasteiger partial charge < -0.3 is 10.0 Å². The molecule has 1 amide bonds. The first-order valence-corrected chi connectivity index (χ1v) is 14.4. The number of Topliss-reactive ketones (excluding diaryl/α,β-unsaturated/α-hetero) is 1. The molecule has 0 radical (unpaired) electrons. The van der Waals surface area contributed by atoms with Gasteiger partial charge >= 0.3 is 0 Å². The average molecular weight is 546 g/mol. The average Bonchev–Trinajstić information content (AvgIpc) is 3.76. The number of carbonyl (C=O) groups is 2. The summed E-state index contributed by atoms with van der Waals surface area (Å²) in [5, 5.41) is 12.7. The SMILES string of the molecule is O=C(CC1CC(N2CN([C@@H]3c4ccccc4SCc4cccc(F)c43)n3ccc(=O)c(O)c3C2=O)C1)C1CC1. The summed E-state index contributed by atoms with van der Waals surface area (Å²) < 4.78 is 17.2. The van der Waals surface area contributed by atoms with Crippen LogP contribution < -0.4 is 10.4 Å². The van der Waals surface area contributed by atoms with Crippen molar-refractivity contribution in [3.05, 3.63) is 93.2 Å². The van der Waals surface area contributed by atoms with Gasteiger partial charge in [0.1, 0.15) is 24.3 Å². The summed E-state index contributed by atoms with van der Waals surface area (Å²) in [6, 6.07) is 13.5. The van der Waals surface area contributed by atoms with Crippen LogP contribution in [0.2, 0.25) is 0 Å². The van der Waals surface area contributed by atoms with Gasteiger partial charge in [-0.1, -0.05) is 30.3 Å². The molecule has 2 saturated carbocycles. The Morgan fingerprint density at radius 1 is 1.05 bits per heavy atom. The summed E-state index contributed by atoms with van der Waals surface area (Å²) in [7, 11) is 0. The number of aromatic nitrogens is 1. The second-order valence-electron chi connectivity index (χ2n) is 11.1. The van der Waals surface area contributed by atoms with E-state index in [0.717, 1.165) is 28.9 Å². The molecule has 0 saturated heterocycles. The summed E-state index contributed by atoms with van der Waals surface area (Å²) in [6.45, 7) is 0.152. The number of halogens is 1. The van der Waals surface area contributed by atoms with Crippen molar-refractivity contribution in [2.45, 2.75) is 54.8 Å². The molecule has 2 aliphatic heterocycles. The van der Waals surface area contributed by atoms with E-state index < -0.39 is 23.1 Å². The fourth-order valence-corrected chi connectivity index (χ4v) is 7.38. The third-order valence-electron chi connectivity index (χ3n) is 8.58. The number of hydrogen-bond donors (Lipinski definition) is 1. The van der Waals surface area contributed by atoms with Crippen LogP contribution in [0.5, 0.6) is 5.75 Å². The monoisotopic (exact) mass is 545 g/mol. The van der Waals surface area contributed by atoms with E-state index in [1.54, 1.807) is 22.7 Å². The minimum absolute atomic E-state index is 0.112. The van der Waals surface area contributed by atoms with Gasteiger partial charge in [-0.25, -0.2) is 4.39 Å². The van der Waals surface area contributed by atoms with Crippen LogP contribution in [-0.2, 0) is 10.5 Å². The summed E-state index contributed by atoms with van der Waals surface area (Å²) >= 11 is 1.64. The molecule has 2 fully saturated rings. The minimum atomic E-state index is -0.638. The van der Waals surface area contributed by atoms with Crippen molar-refractivity contribution in [2.75, 3.05) is 11.7 Å². The number of amides is 1. The smallest absolute Gasteiger partial charge is 0.278 e. The molecule has 200 valence electrons. The van der Waals surface area contributed by atoms with E-state index in [1.807, 2.05) is 35.3 Å². The normalized spacial score (nSPS) is 23.8. The molecule has 7 rings (SSSR count). The Hall–Kier alpha value is -3.59. The second kappa shape index (κ2) is 9.26. The number of fused-ring (bicyclic) bond motifs is 3. The predicted molar refractivity (Wildman–Crippen MR) is 145 cm³/mol. The Balaban J connectivity index is 1.32. The first-order chi connectivity index (χ1) is 18.9. The van der Waals surface area contributed by atoms with Gasteiger partial charge in [0.25, 0.3) is 5.91 Å². The van der Waals surface area contributed by atoms with Crippen LogP contribution in [0.3, 0.4) is 0 Å². The fourth-order valence-electron chi connectivity index (χ4n) is 6.29. The van der Waals surface area contributed by atoms with Crippen molar-refractivity contribution in [1.82, 2.24) is 9.58 Å².